The van der Waals surface area contributed by atoms with Crippen molar-refractivity contribution in [3.63, 3.8) is 0 Å². The number of thiazole rings is 1. The van der Waals surface area contributed by atoms with Crippen LogP contribution in [0.5, 0.6) is 0 Å². The normalized spacial score (nSPS) is 10.6. The number of methoxy groups -OCH3 is 1. The number of hydrogen-bond donors (Lipinski definition) is 1. The Labute approximate surface area is 124 Å². The maximum absolute atomic E-state index is 11.4. The summed E-state index contributed by atoms with van der Waals surface area (Å²) in [7, 11) is 1.31. The first-order valence-electron chi connectivity index (χ1n) is 6.20. The quantitative estimate of drug-likeness (QED) is 0.749. The topological polar surface area (TPSA) is 77.0 Å². The van der Waals surface area contributed by atoms with Gasteiger partial charge in [-0.3, -0.25) is 4.98 Å². The summed E-state index contributed by atoms with van der Waals surface area (Å²) in [5, 5.41) is 3.76. The fraction of sp³-hybridized carbons (Fsp3) is 0.143. The van der Waals surface area contributed by atoms with E-state index in [0.717, 1.165) is 10.2 Å². The maximum Gasteiger partial charge on any atom is 0.358 e. The number of benzene rings is 1. The Morgan fingerprint density at radius 1 is 1.29 bits per heavy atom. The molecule has 0 unspecified atom stereocenters. The molecular formula is C14H12N4O2S. The first kappa shape index (κ1) is 13.4. The van der Waals surface area contributed by atoms with E-state index in [1.54, 1.807) is 0 Å². The molecule has 3 aromatic rings. The zero-order valence-corrected chi connectivity index (χ0v) is 12.3. The van der Waals surface area contributed by atoms with Gasteiger partial charge in [-0.25, -0.2) is 14.8 Å². The van der Waals surface area contributed by atoms with Crippen molar-refractivity contribution in [1.29, 1.82) is 0 Å². The van der Waals surface area contributed by atoms with Crippen LogP contribution in [0, 0.1) is 6.92 Å². The standard InChI is InChI=1S/C14H12N4O2S/c1-8-3-4-9-11(5-8)21-14(17-9)18-12-7-15-6-10(16-12)13(19)20-2/h3-7H,1-2H3,(H,16,17,18). The number of esters is 1. The van der Waals surface area contributed by atoms with Crippen molar-refractivity contribution < 1.29 is 9.53 Å². The van der Waals surface area contributed by atoms with E-state index in [1.807, 2.05) is 19.1 Å². The second-order valence-corrected chi connectivity index (χ2v) is 5.43. The van der Waals surface area contributed by atoms with Crippen molar-refractivity contribution in [1.82, 2.24) is 15.0 Å². The molecule has 0 saturated heterocycles. The van der Waals surface area contributed by atoms with Gasteiger partial charge in [0.25, 0.3) is 0 Å². The third-order valence-corrected chi connectivity index (χ3v) is 3.74. The Balaban J connectivity index is 1.89. The van der Waals surface area contributed by atoms with Crippen LogP contribution in [0.15, 0.2) is 30.6 Å². The first-order chi connectivity index (χ1) is 10.2. The molecule has 0 amide bonds. The number of nitrogens with zero attached hydrogens (tertiary/aromatic N) is 3. The number of carbonyl (C=O) groups is 1. The average Bonchev–Trinajstić information content (AvgIpc) is 2.88. The molecule has 2 heterocycles. The minimum atomic E-state index is -0.522. The van der Waals surface area contributed by atoms with Gasteiger partial charge in [-0.15, -0.1) is 0 Å². The highest BCUT2D eigenvalue weighted by Crippen LogP contribution is 2.28. The minimum absolute atomic E-state index is 0.152. The summed E-state index contributed by atoms with van der Waals surface area (Å²) >= 11 is 1.52. The van der Waals surface area contributed by atoms with Crippen LogP contribution in [-0.2, 0) is 4.74 Å². The highest BCUT2D eigenvalue weighted by molar-refractivity contribution is 7.22. The number of nitrogens with one attached hydrogen (secondary N) is 1. The van der Waals surface area contributed by atoms with Crippen molar-refractivity contribution in [2.24, 2.45) is 0 Å². The van der Waals surface area contributed by atoms with Gasteiger partial charge in [0.2, 0.25) is 0 Å². The zero-order valence-electron chi connectivity index (χ0n) is 11.5. The Bertz CT molecular complexity index is 816. The van der Waals surface area contributed by atoms with Crippen molar-refractivity contribution >= 4 is 38.5 Å². The lowest BCUT2D eigenvalue weighted by Crippen LogP contribution is -2.06. The first-order valence-corrected chi connectivity index (χ1v) is 7.02. The lowest BCUT2D eigenvalue weighted by atomic mass is 10.2. The van der Waals surface area contributed by atoms with E-state index in [2.05, 4.69) is 31.1 Å². The van der Waals surface area contributed by atoms with Crippen LogP contribution in [-0.4, -0.2) is 28.0 Å². The summed E-state index contributed by atoms with van der Waals surface area (Å²) in [6.07, 6.45) is 2.89. The largest absolute Gasteiger partial charge is 0.464 e. The molecule has 0 fully saturated rings. The SMILES string of the molecule is COC(=O)c1cncc(Nc2nc3ccc(C)cc3s2)n1. The molecule has 21 heavy (non-hydrogen) atoms. The molecule has 0 spiro atoms. The van der Waals surface area contributed by atoms with Crippen LogP contribution in [0.2, 0.25) is 0 Å². The second kappa shape index (κ2) is 5.45. The summed E-state index contributed by atoms with van der Waals surface area (Å²) in [5.74, 6) is -0.0697. The fourth-order valence-corrected chi connectivity index (χ4v) is 2.79. The fourth-order valence-electron chi connectivity index (χ4n) is 1.82. The van der Waals surface area contributed by atoms with Gasteiger partial charge >= 0.3 is 5.97 Å². The summed E-state index contributed by atoms with van der Waals surface area (Å²) < 4.78 is 5.71. The van der Waals surface area contributed by atoms with Crippen molar-refractivity contribution in [3.8, 4) is 0 Å². The van der Waals surface area contributed by atoms with E-state index in [-0.39, 0.29) is 5.69 Å². The summed E-state index contributed by atoms with van der Waals surface area (Å²) in [5.41, 5.74) is 2.26. The number of fused-ring (bicyclic) bond motifs is 1. The average molecular weight is 300 g/mol. The minimum Gasteiger partial charge on any atom is -0.464 e. The smallest absolute Gasteiger partial charge is 0.358 e. The van der Waals surface area contributed by atoms with E-state index in [1.165, 1.54) is 36.4 Å². The van der Waals surface area contributed by atoms with Gasteiger partial charge in [0.15, 0.2) is 16.6 Å². The molecule has 7 heteroatoms. The highest BCUT2D eigenvalue weighted by atomic mass is 32.1. The molecule has 0 saturated carbocycles. The zero-order chi connectivity index (χ0) is 14.8. The third kappa shape index (κ3) is 2.82. The van der Waals surface area contributed by atoms with Gasteiger partial charge in [0.1, 0.15) is 0 Å². The number of anilines is 2. The van der Waals surface area contributed by atoms with Crippen LogP contribution in [0.25, 0.3) is 10.2 Å². The van der Waals surface area contributed by atoms with Crippen LogP contribution in [0.1, 0.15) is 16.1 Å². The van der Waals surface area contributed by atoms with Gasteiger partial charge in [-0.05, 0) is 24.6 Å². The molecule has 0 aliphatic carbocycles. The van der Waals surface area contributed by atoms with E-state index in [0.29, 0.717) is 10.9 Å². The van der Waals surface area contributed by atoms with E-state index in [9.17, 15) is 4.79 Å². The van der Waals surface area contributed by atoms with Crippen LogP contribution in [0.3, 0.4) is 0 Å². The third-order valence-electron chi connectivity index (χ3n) is 2.81. The predicted molar refractivity (Wildman–Crippen MR) is 81.0 cm³/mol. The van der Waals surface area contributed by atoms with Gasteiger partial charge in [0, 0.05) is 0 Å². The molecule has 2 aromatic heterocycles. The van der Waals surface area contributed by atoms with Crippen molar-refractivity contribution in [3.05, 3.63) is 41.9 Å². The molecule has 0 aliphatic heterocycles. The van der Waals surface area contributed by atoms with Crippen molar-refractivity contribution in [2.45, 2.75) is 6.92 Å². The highest BCUT2D eigenvalue weighted by Gasteiger charge is 2.10. The predicted octanol–water partition coefficient (Wildman–Crippen LogP) is 2.92. The summed E-state index contributed by atoms with van der Waals surface area (Å²) in [6.45, 7) is 2.04. The number of carbonyl (C=O) groups excluding carboxylic acids is 1. The summed E-state index contributed by atoms with van der Waals surface area (Å²) in [4.78, 5) is 24.0. The molecule has 0 atom stereocenters. The summed E-state index contributed by atoms with van der Waals surface area (Å²) in [6, 6.07) is 6.07. The number of aryl methyl sites for hydroxylation is 1. The number of ether oxygens (including phenoxy) is 1. The Morgan fingerprint density at radius 2 is 2.14 bits per heavy atom. The molecule has 106 valence electrons. The van der Waals surface area contributed by atoms with Gasteiger partial charge in [-0.1, -0.05) is 17.4 Å². The Morgan fingerprint density at radius 3 is 2.95 bits per heavy atom. The Kier molecular flexibility index (Phi) is 3.49. The van der Waals surface area contributed by atoms with Gasteiger partial charge in [0.05, 0.1) is 29.7 Å². The molecule has 0 aliphatic rings. The van der Waals surface area contributed by atoms with E-state index in [4.69, 9.17) is 0 Å². The molecule has 6 nitrogen and oxygen atoms in total. The second-order valence-electron chi connectivity index (χ2n) is 4.40. The molecule has 0 bridgehead atoms. The van der Waals surface area contributed by atoms with Crippen molar-refractivity contribution in [2.75, 3.05) is 12.4 Å². The van der Waals surface area contributed by atoms with E-state index < -0.39 is 5.97 Å². The van der Waals surface area contributed by atoms with Crippen LogP contribution >= 0.6 is 11.3 Å². The monoisotopic (exact) mass is 300 g/mol. The molecular weight excluding hydrogens is 288 g/mol. The number of rotatable bonds is 3. The maximum atomic E-state index is 11.4. The number of hydrogen-bond acceptors (Lipinski definition) is 7. The number of aromatic nitrogens is 3. The van der Waals surface area contributed by atoms with Crippen LogP contribution < -0.4 is 5.32 Å². The van der Waals surface area contributed by atoms with Gasteiger partial charge < -0.3 is 10.1 Å². The lowest BCUT2D eigenvalue weighted by molar-refractivity contribution is 0.0593. The van der Waals surface area contributed by atoms with E-state index >= 15 is 0 Å². The lowest BCUT2D eigenvalue weighted by Gasteiger charge is -2.02. The molecule has 1 aromatic carbocycles. The Hall–Kier alpha value is -2.54. The van der Waals surface area contributed by atoms with Gasteiger partial charge in [-0.2, -0.15) is 0 Å². The van der Waals surface area contributed by atoms with Crippen LogP contribution in [0.4, 0.5) is 10.9 Å². The molecule has 0 radical (unpaired) electrons. The molecule has 1 N–H and O–H groups in total. The molecule has 3 rings (SSSR count).